The maximum atomic E-state index is 5.95. The van der Waals surface area contributed by atoms with Crippen LogP contribution in [-0.2, 0) is 0 Å². The average molecular weight is 270 g/mol. The van der Waals surface area contributed by atoms with Gasteiger partial charge in [0.15, 0.2) is 0 Å². The van der Waals surface area contributed by atoms with Crippen molar-refractivity contribution < 1.29 is 0 Å². The van der Waals surface area contributed by atoms with Crippen molar-refractivity contribution in [3.05, 3.63) is 5.28 Å². The van der Waals surface area contributed by atoms with Crippen molar-refractivity contribution in [1.82, 2.24) is 15.0 Å². The summed E-state index contributed by atoms with van der Waals surface area (Å²) in [6.45, 7) is 8.06. The first-order valence-corrected chi connectivity index (χ1v) is 6.98. The lowest BCUT2D eigenvalue weighted by molar-refractivity contribution is 0.767. The van der Waals surface area contributed by atoms with Gasteiger partial charge in [-0.3, -0.25) is 0 Å². The highest BCUT2D eigenvalue weighted by Gasteiger charge is 2.35. The number of nitrogens with zero attached hydrogens (tertiary/aromatic N) is 4. The van der Waals surface area contributed by atoms with E-state index in [2.05, 4.69) is 45.9 Å². The third-order valence-corrected chi connectivity index (χ3v) is 3.57. The number of aromatic nitrogens is 3. The molecule has 1 aromatic heterocycles. The van der Waals surface area contributed by atoms with Crippen molar-refractivity contribution in [2.45, 2.75) is 39.7 Å². The smallest absolute Gasteiger partial charge is 0.231 e. The number of hydrogen-bond acceptors (Lipinski definition) is 5. The van der Waals surface area contributed by atoms with Gasteiger partial charge in [0.2, 0.25) is 17.2 Å². The van der Waals surface area contributed by atoms with Crippen LogP contribution < -0.4 is 10.2 Å². The van der Waals surface area contributed by atoms with Gasteiger partial charge in [0.1, 0.15) is 0 Å². The zero-order chi connectivity index (χ0) is 13.1. The first kappa shape index (κ1) is 13.3. The Labute approximate surface area is 113 Å². The van der Waals surface area contributed by atoms with Crippen LogP contribution in [0.3, 0.4) is 0 Å². The standard InChI is InChI=1S/C12H20ClN5/c1-4-8-7-9(8)14-11-15-10(13)16-12(17-11)18(5-2)6-3/h8-9H,4-7H2,1-3H3,(H,14,15,16,17). The lowest BCUT2D eigenvalue weighted by atomic mass is 10.3. The molecule has 1 heterocycles. The molecule has 1 saturated carbocycles. The molecule has 0 aromatic carbocycles. The van der Waals surface area contributed by atoms with Crippen LogP contribution in [0.15, 0.2) is 0 Å². The summed E-state index contributed by atoms with van der Waals surface area (Å²) in [5.41, 5.74) is 0. The molecule has 18 heavy (non-hydrogen) atoms. The van der Waals surface area contributed by atoms with E-state index < -0.39 is 0 Å². The molecular formula is C12H20ClN5. The second-order valence-electron chi connectivity index (χ2n) is 4.56. The SMILES string of the molecule is CCC1CC1Nc1nc(Cl)nc(N(CC)CC)n1. The van der Waals surface area contributed by atoms with Crippen molar-refractivity contribution in [1.29, 1.82) is 0 Å². The Kier molecular flexibility index (Phi) is 4.22. The monoisotopic (exact) mass is 269 g/mol. The maximum Gasteiger partial charge on any atom is 0.231 e. The fourth-order valence-corrected chi connectivity index (χ4v) is 2.25. The molecule has 2 rings (SSSR count). The molecule has 1 fully saturated rings. The van der Waals surface area contributed by atoms with Crippen molar-refractivity contribution in [3.63, 3.8) is 0 Å². The molecule has 1 aliphatic rings. The van der Waals surface area contributed by atoms with E-state index in [-0.39, 0.29) is 5.28 Å². The van der Waals surface area contributed by atoms with Crippen LogP contribution in [0.25, 0.3) is 0 Å². The van der Waals surface area contributed by atoms with Crippen LogP contribution in [0.5, 0.6) is 0 Å². The predicted molar refractivity (Wildman–Crippen MR) is 74.2 cm³/mol. The van der Waals surface area contributed by atoms with E-state index in [1.165, 1.54) is 12.8 Å². The quantitative estimate of drug-likeness (QED) is 0.860. The van der Waals surface area contributed by atoms with Gasteiger partial charge in [0.05, 0.1) is 0 Å². The van der Waals surface area contributed by atoms with Gasteiger partial charge in [-0.2, -0.15) is 15.0 Å². The van der Waals surface area contributed by atoms with Gasteiger partial charge < -0.3 is 10.2 Å². The predicted octanol–water partition coefficient (Wildman–Crippen LogP) is 2.58. The van der Waals surface area contributed by atoms with E-state index in [1.807, 2.05) is 0 Å². The van der Waals surface area contributed by atoms with E-state index >= 15 is 0 Å². The van der Waals surface area contributed by atoms with Crippen molar-refractivity contribution >= 4 is 23.5 Å². The fourth-order valence-electron chi connectivity index (χ4n) is 2.09. The van der Waals surface area contributed by atoms with Gasteiger partial charge in [0, 0.05) is 19.1 Å². The second kappa shape index (κ2) is 5.69. The van der Waals surface area contributed by atoms with Crippen LogP contribution in [0.4, 0.5) is 11.9 Å². The highest BCUT2D eigenvalue weighted by molar-refractivity contribution is 6.28. The first-order valence-electron chi connectivity index (χ1n) is 6.60. The zero-order valence-electron chi connectivity index (χ0n) is 11.1. The van der Waals surface area contributed by atoms with Crippen LogP contribution in [-0.4, -0.2) is 34.1 Å². The number of nitrogens with one attached hydrogen (secondary N) is 1. The van der Waals surface area contributed by atoms with E-state index in [0.717, 1.165) is 19.0 Å². The molecule has 1 aliphatic carbocycles. The molecule has 6 heteroatoms. The van der Waals surface area contributed by atoms with Gasteiger partial charge in [-0.25, -0.2) is 0 Å². The third-order valence-electron chi connectivity index (χ3n) is 3.40. The summed E-state index contributed by atoms with van der Waals surface area (Å²) >= 11 is 5.95. The topological polar surface area (TPSA) is 53.9 Å². The highest BCUT2D eigenvalue weighted by atomic mass is 35.5. The number of rotatable bonds is 6. The molecule has 0 spiro atoms. The normalized spacial score (nSPS) is 21.8. The Morgan fingerprint density at radius 2 is 1.94 bits per heavy atom. The fraction of sp³-hybridized carbons (Fsp3) is 0.750. The Bertz CT molecular complexity index is 407. The van der Waals surface area contributed by atoms with Gasteiger partial charge in [-0.1, -0.05) is 13.3 Å². The Morgan fingerprint density at radius 3 is 2.50 bits per heavy atom. The molecule has 2 unspecified atom stereocenters. The van der Waals surface area contributed by atoms with E-state index in [1.54, 1.807) is 0 Å². The van der Waals surface area contributed by atoms with E-state index in [4.69, 9.17) is 11.6 Å². The Morgan fingerprint density at radius 1 is 1.22 bits per heavy atom. The molecule has 0 aliphatic heterocycles. The van der Waals surface area contributed by atoms with Crippen molar-refractivity contribution in [2.75, 3.05) is 23.3 Å². The largest absolute Gasteiger partial charge is 0.351 e. The molecule has 0 saturated heterocycles. The number of hydrogen-bond donors (Lipinski definition) is 1. The molecule has 100 valence electrons. The Hall–Kier alpha value is -1.10. The number of halogens is 1. The summed E-state index contributed by atoms with van der Waals surface area (Å²) in [5.74, 6) is 1.99. The van der Waals surface area contributed by atoms with Gasteiger partial charge in [0.25, 0.3) is 0 Å². The summed E-state index contributed by atoms with van der Waals surface area (Å²) in [5, 5.41) is 3.58. The third kappa shape index (κ3) is 3.02. The lowest BCUT2D eigenvalue weighted by Gasteiger charge is -2.18. The summed E-state index contributed by atoms with van der Waals surface area (Å²) in [6, 6.07) is 0.498. The first-order chi connectivity index (χ1) is 8.67. The average Bonchev–Trinajstić information content (AvgIpc) is 3.08. The summed E-state index contributed by atoms with van der Waals surface area (Å²) < 4.78 is 0. The summed E-state index contributed by atoms with van der Waals surface area (Å²) in [4.78, 5) is 14.8. The van der Waals surface area contributed by atoms with E-state index in [0.29, 0.717) is 17.9 Å². The molecule has 2 atom stereocenters. The molecule has 0 radical (unpaired) electrons. The second-order valence-corrected chi connectivity index (χ2v) is 4.89. The summed E-state index contributed by atoms with van der Waals surface area (Å²) in [7, 11) is 0. The van der Waals surface area contributed by atoms with Crippen molar-refractivity contribution in [3.8, 4) is 0 Å². The molecule has 0 bridgehead atoms. The minimum atomic E-state index is 0.253. The van der Waals surface area contributed by atoms with Gasteiger partial charge in [-0.15, -0.1) is 0 Å². The minimum absolute atomic E-state index is 0.253. The lowest BCUT2D eigenvalue weighted by Crippen LogP contribution is -2.25. The Balaban J connectivity index is 2.11. The zero-order valence-corrected chi connectivity index (χ0v) is 11.9. The highest BCUT2D eigenvalue weighted by Crippen LogP contribution is 2.35. The number of anilines is 2. The van der Waals surface area contributed by atoms with Crippen molar-refractivity contribution in [2.24, 2.45) is 5.92 Å². The van der Waals surface area contributed by atoms with Gasteiger partial charge >= 0.3 is 0 Å². The van der Waals surface area contributed by atoms with Crippen LogP contribution in [0.2, 0.25) is 5.28 Å². The molecule has 5 nitrogen and oxygen atoms in total. The maximum absolute atomic E-state index is 5.95. The van der Waals surface area contributed by atoms with Crippen LogP contribution >= 0.6 is 11.6 Å². The van der Waals surface area contributed by atoms with E-state index in [9.17, 15) is 0 Å². The molecule has 1 N–H and O–H groups in total. The van der Waals surface area contributed by atoms with Gasteiger partial charge in [-0.05, 0) is 37.8 Å². The molecule has 1 aromatic rings. The van der Waals surface area contributed by atoms with Crippen LogP contribution in [0, 0.1) is 5.92 Å². The minimum Gasteiger partial charge on any atom is -0.351 e. The summed E-state index contributed by atoms with van der Waals surface area (Å²) in [6.07, 6.45) is 2.39. The molecular weight excluding hydrogens is 250 g/mol. The van der Waals surface area contributed by atoms with Crippen LogP contribution in [0.1, 0.15) is 33.6 Å². The molecule has 0 amide bonds.